The lowest BCUT2D eigenvalue weighted by Gasteiger charge is -2.25. The molecule has 0 aromatic heterocycles. The molecule has 8 heteroatoms. The molecule has 1 aliphatic rings. The average molecular weight is 408 g/mol. The quantitative estimate of drug-likeness (QED) is 0.747. The Morgan fingerprint density at radius 3 is 2.37 bits per heavy atom. The van der Waals surface area contributed by atoms with Crippen molar-refractivity contribution in [2.75, 3.05) is 23.7 Å². The lowest BCUT2D eigenvalue weighted by atomic mass is 10.2. The van der Waals surface area contributed by atoms with Crippen molar-refractivity contribution in [3.8, 4) is 0 Å². The standard InChI is InChI=1S/C19H22FN3O2S2/c1-14-17(20)6-5-7-18(14)22-19(26)21-15-8-10-16(11-9-15)27(24,25)23-12-3-2-4-13-23/h5-11H,2-4,12-13H2,1H3,(H2,21,22,26). The van der Waals surface area contributed by atoms with E-state index >= 15 is 0 Å². The van der Waals surface area contributed by atoms with Crippen LogP contribution in [0.3, 0.4) is 0 Å². The third-order valence-corrected chi connectivity index (χ3v) is 6.70. The summed E-state index contributed by atoms with van der Waals surface area (Å²) in [4.78, 5) is 0.273. The summed E-state index contributed by atoms with van der Waals surface area (Å²) in [5.41, 5.74) is 1.71. The van der Waals surface area contributed by atoms with Crippen molar-refractivity contribution in [2.45, 2.75) is 31.1 Å². The molecule has 27 heavy (non-hydrogen) atoms. The molecule has 3 rings (SSSR count). The van der Waals surface area contributed by atoms with Gasteiger partial charge < -0.3 is 10.6 Å². The monoisotopic (exact) mass is 407 g/mol. The number of nitrogens with zero attached hydrogens (tertiary/aromatic N) is 1. The minimum absolute atomic E-state index is 0.273. The van der Waals surface area contributed by atoms with Crippen LogP contribution in [0, 0.1) is 12.7 Å². The van der Waals surface area contributed by atoms with Crippen molar-refractivity contribution in [2.24, 2.45) is 0 Å². The minimum atomic E-state index is -3.45. The van der Waals surface area contributed by atoms with Gasteiger partial charge in [-0.15, -0.1) is 0 Å². The highest BCUT2D eigenvalue weighted by atomic mass is 32.2. The van der Waals surface area contributed by atoms with Crippen LogP contribution in [0.4, 0.5) is 15.8 Å². The van der Waals surface area contributed by atoms with Gasteiger partial charge in [0.1, 0.15) is 5.82 Å². The van der Waals surface area contributed by atoms with Crippen molar-refractivity contribution < 1.29 is 12.8 Å². The normalized spacial score (nSPS) is 15.3. The summed E-state index contributed by atoms with van der Waals surface area (Å²) in [6.45, 7) is 2.81. The van der Waals surface area contributed by atoms with Gasteiger partial charge in [-0.25, -0.2) is 12.8 Å². The third-order valence-electron chi connectivity index (χ3n) is 4.58. The zero-order valence-corrected chi connectivity index (χ0v) is 16.7. The fourth-order valence-electron chi connectivity index (χ4n) is 2.99. The van der Waals surface area contributed by atoms with Gasteiger partial charge in [0.2, 0.25) is 10.0 Å². The van der Waals surface area contributed by atoms with Crippen LogP contribution in [0.1, 0.15) is 24.8 Å². The van der Waals surface area contributed by atoms with Crippen LogP contribution in [0.5, 0.6) is 0 Å². The maximum Gasteiger partial charge on any atom is 0.243 e. The first kappa shape index (κ1) is 19.7. The lowest BCUT2D eigenvalue weighted by Crippen LogP contribution is -2.35. The van der Waals surface area contributed by atoms with Gasteiger partial charge in [-0.3, -0.25) is 0 Å². The minimum Gasteiger partial charge on any atom is -0.332 e. The molecule has 0 unspecified atom stereocenters. The number of anilines is 2. The Balaban J connectivity index is 1.66. The summed E-state index contributed by atoms with van der Waals surface area (Å²) in [5.74, 6) is -0.310. The molecule has 0 spiro atoms. The SMILES string of the molecule is Cc1c(F)cccc1NC(=S)Nc1ccc(S(=O)(=O)N2CCCCC2)cc1. The summed E-state index contributed by atoms with van der Waals surface area (Å²) < 4.78 is 40.5. The van der Waals surface area contributed by atoms with Gasteiger partial charge in [-0.05, 0) is 68.4 Å². The summed E-state index contributed by atoms with van der Waals surface area (Å²) in [6.07, 6.45) is 2.88. The maximum absolute atomic E-state index is 13.6. The molecule has 1 aliphatic heterocycles. The van der Waals surface area contributed by atoms with E-state index < -0.39 is 10.0 Å². The van der Waals surface area contributed by atoms with E-state index in [0.717, 1.165) is 19.3 Å². The van der Waals surface area contributed by atoms with Crippen molar-refractivity contribution in [1.29, 1.82) is 0 Å². The predicted octanol–water partition coefficient (Wildman–Crippen LogP) is 4.12. The number of halogens is 1. The Kier molecular flexibility index (Phi) is 6.08. The number of hydrogen-bond donors (Lipinski definition) is 2. The predicted molar refractivity (Wildman–Crippen MR) is 110 cm³/mol. The smallest absolute Gasteiger partial charge is 0.243 e. The molecule has 5 nitrogen and oxygen atoms in total. The summed E-state index contributed by atoms with van der Waals surface area (Å²) in [5, 5.41) is 6.24. The Bertz CT molecular complexity index is 924. The molecular weight excluding hydrogens is 385 g/mol. The molecule has 0 atom stereocenters. The van der Waals surface area contributed by atoms with Gasteiger partial charge in [0, 0.05) is 30.0 Å². The third kappa shape index (κ3) is 4.63. The van der Waals surface area contributed by atoms with E-state index in [9.17, 15) is 12.8 Å². The highest BCUT2D eigenvalue weighted by molar-refractivity contribution is 7.89. The molecule has 1 saturated heterocycles. The van der Waals surface area contributed by atoms with Crippen LogP contribution >= 0.6 is 12.2 Å². The highest BCUT2D eigenvalue weighted by Gasteiger charge is 2.25. The number of benzene rings is 2. The fraction of sp³-hybridized carbons (Fsp3) is 0.316. The summed E-state index contributed by atoms with van der Waals surface area (Å²) >= 11 is 5.26. The second kappa shape index (κ2) is 8.33. The van der Waals surface area contributed by atoms with Crippen molar-refractivity contribution in [3.05, 3.63) is 53.8 Å². The first-order chi connectivity index (χ1) is 12.9. The first-order valence-corrected chi connectivity index (χ1v) is 10.7. The average Bonchev–Trinajstić information content (AvgIpc) is 2.66. The summed E-state index contributed by atoms with van der Waals surface area (Å²) in [6, 6.07) is 11.2. The van der Waals surface area contributed by atoms with Gasteiger partial charge >= 0.3 is 0 Å². The van der Waals surface area contributed by atoms with E-state index in [1.807, 2.05) is 0 Å². The Hall–Kier alpha value is -2.03. The molecular formula is C19H22FN3O2S2. The molecule has 144 valence electrons. The number of rotatable bonds is 4. The molecule has 1 heterocycles. The van der Waals surface area contributed by atoms with E-state index in [1.165, 1.54) is 10.4 Å². The molecule has 0 amide bonds. The number of hydrogen-bond acceptors (Lipinski definition) is 3. The van der Waals surface area contributed by atoms with E-state index in [4.69, 9.17) is 12.2 Å². The molecule has 0 aliphatic carbocycles. The van der Waals surface area contributed by atoms with Crippen LogP contribution < -0.4 is 10.6 Å². The largest absolute Gasteiger partial charge is 0.332 e. The van der Waals surface area contributed by atoms with Crippen LogP contribution in [-0.2, 0) is 10.0 Å². The van der Waals surface area contributed by atoms with E-state index in [1.54, 1.807) is 43.3 Å². The van der Waals surface area contributed by atoms with E-state index in [0.29, 0.717) is 35.1 Å². The van der Waals surface area contributed by atoms with Gasteiger partial charge in [-0.1, -0.05) is 12.5 Å². The Morgan fingerprint density at radius 1 is 1.04 bits per heavy atom. The number of thiocarbonyl (C=S) groups is 1. The molecule has 0 radical (unpaired) electrons. The number of piperidine rings is 1. The van der Waals surface area contributed by atoms with Crippen molar-refractivity contribution in [1.82, 2.24) is 4.31 Å². The molecule has 2 aromatic rings. The maximum atomic E-state index is 13.6. The molecule has 0 bridgehead atoms. The molecule has 2 N–H and O–H groups in total. The van der Waals surface area contributed by atoms with E-state index in [2.05, 4.69) is 10.6 Å². The zero-order valence-electron chi connectivity index (χ0n) is 15.0. The number of sulfonamides is 1. The van der Waals surface area contributed by atoms with Crippen LogP contribution in [0.2, 0.25) is 0 Å². The molecule has 1 fully saturated rings. The highest BCUT2D eigenvalue weighted by Crippen LogP contribution is 2.22. The first-order valence-electron chi connectivity index (χ1n) is 8.81. The van der Waals surface area contributed by atoms with Crippen LogP contribution in [0.25, 0.3) is 0 Å². The van der Waals surface area contributed by atoms with Crippen molar-refractivity contribution >= 4 is 38.7 Å². The van der Waals surface area contributed by atoms with Crippen LogP contribution in [-0.4, -0.2) is 30.9 Å². The van der Waals surface area contributed by atoms with Gasteiger partial charge in [0.05, 0.1) is 4.90 Å². The second-order valence-electron chi connectivity index (χ2n) is 6.48. The second-order valence-corrected chi connectivity index (χ2v) is 8.83. The van der Waals surface area contributed by atoms with Crippen LogP contribution in [0.15, 0.2) is 47.4 Å². The number of nitrogens with one attached hydrogen (secondary N) is 2. The fourth-order valence-corrected chi connectivity index (χ4v) is 4.74. The Labute approximate surface area is 164 Å². The van der Waals surface area contributed by atoms with Gasteiger partial charge in [0.15, 0.2) is 5.11 Å². The Morgan fingerprint density at radius 2 is 1.70 bits per heavy atom. The van der Waals surface area contributed by atoms with E-state index in [-0.39, 0.29) is 10.7 Å². The summed E-state index contributed by atoms with van der Waals surface area (Å²) in [7, 11) is -3.45. The molecule has 0 saturated carbocycles. The van der Waals surface area contributed by atoms with Gasteiger partial charge in [0.25, 0.3) is 0 Å². The lowest BCUT2D eigenvalue weighted by molar-refractivity contribution is 0.346. The topological polar surface area (TPSA) is 61.4 Å². The van der Waals surface area contributed by atoms with Crippen molar-refractivity contribution in [3.63, 3.8) is 0 Å². The van der Waals surface area contributed by atoms with Gasteiger partial charge in [-0.2, -0.15) is 4.31 Å². The molecule has 2 aromatic carbocycles. The zero-order chi connectivity index (χ0) is 19.4.